The van der Waals surface area contributed by atoms with Gasteiger partial charge in [0, 0.05) is 30.9 Å². The van der Waals surface area contributed by atoms with Gasteiger partial charge in [-0.15, -0.1) is 0 Å². The van der Waals surface area contributed by atoms with E-state index in [2.05, 4.69) is 27.2 Å². The monoisotopic (exact) mass is 282 g/mol. The van der Waals surface area contributed by atoms with Crippen LogP contribution in [-0.2, 0) is 6.42 Å². The Balaban J connectivity index is 1.63. The molecule has 5 nitrogen and oxygen atoms in total. The number of fused-ring (bicyclic) bond motifs is 1. The van der Waals surface area contributed by atoms with Crippen LogP contribution < -0.4 is 11.0 Å². The lowest BCUT2D eigenvalue weighted by molar-refractivity contribution is 0.574. The first-order valence-corrected chi connectivity index (χ1v) is 7.07. The molecule has 0 radical (unpaired) electrons. The number of aromatic nitrogens is 3. The van der Waals surface area contributed by atoms with Crippen molar-refractivity contribution in [3.8, 4) is 0 Å². The molecule has 2 aromatic heterocycles. The maximum absolute atomic E-state index is 11.3. The van der Waals surface area contributed by atoms with Crippen LogP contribution in [0.4, 0.5) is 0 Å². The lowest BCUT2D eigenvalue weighted by Crippen LogP contribution is -2.21. The number of nitrogens with zero attached hydrogens (tertiary/aromatic N) is 1. The lowest BCUT2D eigenvalue weighted by atomic mass is 10.1. The van der Waals surface area contributed by atoms with Gasteiger partial charge < -0.3 is 15.3 Å². The van der Waals surface area contributed by atoms with Gasteiger partial charge in [0.05, 0.1) is 11.0 Å². The van der Waals surface area contributed by atoms with E-state index >= 15 is 0 Å². The van der Waals surface area contributed by atoms with Gasteiger partial charge in [-0.1, -0.05) is 12.1 Å². The molecule has 1 atom stereocenters. The van der Waals surface area contributed by atoms with Gasteiger partial charge in [-0.25, -0.2) is 4.79 Å². The Morgan fingerprint density at radius 3 is 2.86 bits per heavy atom. The van der Waals surface area contributed by atoms with Crippen LogP contribution >= 0.6 is 0 Å². The lowest BCUT2D eigenvalue weighted by Gasteiger charge is -2.14. The highest BCUT2D eigenvalue weighted by Crippen LogP contribution is 2.16. The van der Waals surface area contributed by atoms with Crippen LogP contribution in [-0.4, -0.2) is 21.5 Å². The molecule has 1 unspecified atom stereocenters. The SMILES string of the molecule is CC(NCCc1ccccn1)c1ccc2[nH]c(=O)[nH]c2c1. The minimum absolute atomic E-state index is 0.169. The minimum atomic E-state index is -0.169. The molecular weight excluding hydrogens is 264 g/mol. The number of pyridine rings is 1. The molecule has 108 valence electrons. The van der Waals surface area contributed by atoms with E-state index in [9.17, 15) is 4.79 Å². The first kappa shape index (κ1) is 13.6. The van der Waals surface area contributed by atoms with Crippen molar-refractivity contribution in [2.24, 2.45) is 0 Å². The molecule has 0 saturated heterocycles. The van der Waals surface area contributed by atoms with Gasteiger partial charge in [0.15, 0.2) is 0 Å². The summed E-state index contributed by atoms with van der Waals surface area (Å²) in [6.07, 6.45) is 2.71. The largest absolute Gasteiger partial charge is 0.323 e. The summed E-state index contributed by atoms with van der Waals surface area (Å²) in [5, 5.41) is 3.48. The highest BCUT2D eigenvalue weighted by Gasteiger charge is 2.07. The van der Waals surface area contributed by atoms with E-state index < -0.39 is 0 Å². The number of hydrogen-bond donors (Lipinski definition) is 3. The van der Waals surface area contributed by atoms with Gasteiger partial charge in [0.2, 0.25) is 0 Å². The molecule has 21 heavy (non-hydrogen) atoms. The summed E-state index contributed by atoms with van der Waals surface area (Å²) in [7, 11) is 0. The Labute approximate surface area is 122 Å². The van der Waals surface area contributed by atoms with Crippen molar-refractivity contribution in [2.45, 2.75) is 19.4 Å². The maximum atomic E-state index is 11.3. The Kier molecular flexibility index (Phi) is 3.83. The average Bonchev–Trinajstić information content (AvgIpc) is 2.87. The van der Waals surface area contributed by atoms with E-state index in [1.54, 1.807) is 0 Å². The van der Waals surface area contributed by atoms with Crippen molar-refractivity contribution in [2.75, 3.05) is 6.54 Å². The molecule has 3 rings (SSSR count). The number of nitrogens with one attached hydrogen (secondary N) is 3. The second kappa shape index (κ2) is 5.93. The third kappa shape index (κ3) is 3.20. The van der Waals surface area contributed by atoms with E-state index in [1.165, 1.54) is 0 Å². The first-order chi connectivity index (χ1) is 10.2. The predicted molar refractivity (Wildman–Crippen MR) is 83.3 cm³/mol. The van der Waals surface area contributed by atoms with E-state index in [1.807, 2.05) is 42.6 Å². The van der Waals surface area contributed by atoms with E-state index in [-0.39, 0.29) is 11.7 Å². The number of rotatable bonds is 5. The smallest absolute Gasteiger partial charge is 0.310 e. The normalized spacial score (nSPS) is 12.6. The van der Waals surface area contributed by atoms with Crippen LogP contribution in [0, 0.1) is 0 Å². The van der Waals surface area contributed by atoms with Crippen LogP contribution in [0.2, 0.25) is 0 Å². The quantitative estimate of drug-likeness (QED) is 0.671. The summed E-state index contributed by atoms with van der Waals surface area (Å²) in [5.74, 6) is 0. The summed E-state index contributed by atoms with van der Waals surface area (Å²) in [6.45, 7) is 2.98. The van der Waals surface area contributed by atoms with Crippen molar-refractivity contribution in [1.29, 1.82) is 0 Å². The molecule has 0 amide bonds. The molecule has 0 bridgehead atoms. The highest BCUT2D eigenvalue weighted by molar-refractivity contribution is 5.75. The van der Waals surface area contributed by atoms with Gasteiger partial charge in [0.1, 0.15) is 0 Å². The average molecular weight is 282 g/mol. The van der Waals surface area contributed by atoms with E-state index in [0.717, 1.165) is 35.3 Å². The standard InChI is InChI=1S/C16H18N4O/c1-11(17-9-7-13-4-2-3-8-18-13)12-5-6-14-15(10-12)20-16(21)19-14/h2-6,8,10-11,17H,7,9H2,1H3,(H2,19,20,21). The van der Waals surface area contributed by atoms with Crippen molar-refractivity contribution in [3.63, 3.8) is 0 Å². The predicted octanol–water partition coefficient (Wildman–Crippen LogP) is 2.14. The summed E-state index contributed by atoms with van der Waals surface area (Å²) < 4.78 is 0. The van der Waals surface area contributed by atoms with Gasteiger partial charge >= 0.3 is 5.69 Å². The Morgan fingerprint density at radius 1 is 1.19 bits per heavy atom. The topological polar surface area (TPSA) is 73.6 Å². The maximum Gasteiger partial charge on any atom is 0.323 e. The molecule has 0 aliphatic carbocycles. The number of benzene rings is 1. The second-order valence-corrected chi connectivity index (χ2v) is 5.13. The highest BCUT2D eigenvalue weighted by atomic mass is 16.1. The number of aromatic amines is 2. The van der Waals surface area contributed by atoms with Crippen LogP contribution in [0.5, 0.6) is 0 Å². The summed E-state index contributed by atoms with van der Waals surface area (Å²) in [5.41, 5.74) is 3.75. The third-order valence-electron chi connectivity index (χ3n) is 3.60. The molecule has 5 heteroatoms. The van der Waals surface area contributed by atoms with Gasteiger partial charge in [-0.3, -0.25) is 4.98 Å². The number of H-pyrrole nitrogens is 2. The van der Waals surface area contributed by atoms with E-state index in [4.69, 9.17) is 0 Å². The molecule has 0 aliphatic heterocycles. The summed E-state index contributed by atoms with van der Waals surface area (Å²) in [4.78, 5) is 21.1. The molecular formula is C16H18N4O. The Morgan fingerprint density at radius 2 is 2.05 bits per heavy atom. The Hall–Kier alpha value is -2.40. The van der Waals surface area contributed by atoms with Crippen LogP contribution in [0.25, 0.3) is 11.0 Å². The van der Waals surface area contributed by atoms with Gasteiger partial charge in [-0.2, -0.15) is 0 Å². The second-order valence-electron chi connectivity index (χ2n) is 5.13. The zero-order chi connectivity index (χ0) is 14.7. The summed E-state index contributed by atoms with van der Waals surface area (Å²) >= 11 is 0. The minimum Gasteiger partial charge on any atom is -0.310 e. The molecule has 2 heterocycles. The zero-order valence-corrected chi connectivity index (χ0v) is 11.9. The van der Waals surface area contributed by atoms with Crippen molar-refractivity contribution in [1.82, 2.24) is 20.3 Å². The van der Waals surface area contributed by atoms with Crippen LogP contribution in [0.1, 0.15) is 24.2 Å². The third-order valence-corrected chi connectivity index (χ3v) is 3.60. The molecule has 0 aliphatic rings. The molecule has 3 N–H and O–H groups in total. The van der Waals surface area contributed by atoms with Crippen LogP contribution in [0.15, 0.2) is 47.4 Å². The number of hydrogen-bond acceptors (Lipinski definition) is 3. The van der Waals surface area contributed by atoms with Gasteiger partial charge in [0.25, 0.3) is 0 Å². The zero-order valence-electron chi connectivity index (χ0n) is 11.9. The van der Waals surface area contributed by atoms with Crippen molar-refractivity contribution < 1.29 is 0 Å². The van der Waals surface area contributed by atoms with Crippen LogP contribution in [0.3, 0.4) is 0 Å². The molecule has 1 aromatic carbocycles. The first-order valence-electron chi connectivity index (χ1n) is 7.07. The van der Waals surface area contributed by atoms with E-state index in [0.29, 0.717) is 0 Å². The number of imidazole rings is 1. The van der Waals surface area contributed by atoms with Crippen molar-refractivity contribution >= 4 is 11.0 Å². The molecule has 0 saturated carbocycles. The van der Waals surface area contributed by atoms with Gasteiger partial charge in [-0.05, 0) is 36.8 Å². The van der Waals surface area contributed by atoms with Crippen molar-refractivity contribution in [3.05, 3.63) is 64.3 Å². The Bertz CT molecular complexity index is 776. The molecule has 3 aromatic rings. The fourth-order valence-corrected chi connectivity index (χ4v) is 2.40. The molecule has 0 spiro atoms. The fourth-order valence-electron chi connectivity index (χ4n) is 2.40. The summed E-state index contributed by atoms with van der Waals surface area (Å²) in [6, 6.07) is 12.1. The molecule has 0 fully saturated rings. The fraction of sp³-hybridized carbons (Fsp3) is 0.250.